The smallest absolute Gasteiger partial charge is 0.337 e. The third-order valence-electron chi connectivity index (χ3n) is 3.34. The predicted molar refractivity (Wildman–Crippen MR) is 97.7 cm³/mol. The van der Waals surface area contributed by atoms with Crippen molar-refractivity contribution in [1.29, 1.82) is 0 Å². The highest BCUT2D eigenvalue weighted by Gasteiger charge is 2.15. The van der Waals surface area contributed by atoms with Gasteiger partial charge in [-0.15, -0.1) is 0 Å². The molecular weight excluding hydrogens is 360 g/mol. The lowest BCUT2D eigenvalue weighted by atomic mass is 10.1. The molecule has 0 fully saturated rings. The van der Waals surface area contributed by atoms with Gasteiger partial charge in [0.25, 0.3) is 0 Å². The van der Waals surface area contributed by atoms with Gasteiger partial charge >= 0.3 is 11.9 Å². The molecule has 2 rings (SSSR count). The summed E-state index contributed by atoms with van der Waals surface area (Å²) in [5.74, 6) is -1.64. The summed E-state index contributed by atoms with van der Waals surface area (Å²) < 4.78 is 9.31. The van der Waals surface area contributed by atoms with Crippen molar-refractivity contribution in [2.24, 2.45) is 0 Å². The summed E-state index contributed by atoms with van der Waals surface area (Å²) in [7, 11) is 2.45. The van der Waals surface area contributed by atoms with Crippen molar-refractivity contribution in [2.75, 3.05) is 31.4 Å². The molecule has 0 spiro atoms. The molecule has 0 aromatic heterocycles. The second-order valence-corrected chi connectivity index (χ2v) is 5.63. The molecule has 8 heteroatoms. The molecule has 0 aliphatic rings. The van der Waals surface area contributed by atoms with Gasteiger partial charge in [0.1, 0.15) is 0 Å². The van der Waals surface area contributed by atoms with E-state index >= 15 is 0 Å². The Kier molecular flexibility index (Phi) is 6.57. The summed E-state index contributed by atoms with van der Waals surface area (Å²) in [6.45, 7) is -0.0314. The number of methoxy groups -OCH3 is 2. The van der Waals surface area contributed by atoms with Gasteiger partial charge in [0.05, 0.1) is 31.9 Å². The second kappa shape index (κ2) is 8.87. The van der Waals surface area contributed by atoms with Crippen LogP contribution in [0.2, 0.25) is 5.02 Å². The van der Waals surface area contributed by atoms with Gasteiger partial charge in [-0.25, -0.2) is 9.59 Å². The van der Waals surface area contributed by atoms with Crippen LogP contribution < -0.4 is 10.6 Å². The summed E-state index contributed by atoms with van der Waals surface area (Å²) in [5, 5.41) is 6.08. The van der Waals surface area contributed by atoms with E-state index in [1.54, 1.807) is 24.3 Å². The fourth-order valence-electron chi connectivity index (χ4n) is 2.16. The van der Waals surface area contributed by atoms with Gasteiger partial charge in [-0.2, -0.15) is 0 Å². The molecule has 0 aliphatic heterocycles. The first kappa shape index (κ1) is 19.3. The number of carbonyl (C=O) groups excluding carboxylic acids is 3. The van der Waals surface area contributed by atoms with Crippen LogP contribution in [-0.4, -0.2) is 38.6 Å². The standard InChI is InChI=1S/C18H17ClN2O5/c1-25-17(23)11-6-12(18(24)26-2)8-15(7-11)21-16(22)10-20-14-5-3-4-13(19)9-14/h3-9,20H,10H2,1-2H3,(H,21,22). The number of amides is 1. The highest BCUT2D eigenvalue weighted by atomic mass is 35.5. The second-order valence-electron chi connectivity index (χ2n) is 5.19. The maximum absolute atomic E-state index is 12.1. The number of halogens is 1. The predicted octanol–water partition coefficient (Wildman–Crippen LogP) is 2.96. The van der Waals surface area contributed by atoms with Crippen LogP contribution >= 0.6 is 11.6 Å². The van der Waals surface area contributed by atoms with Crippen LogP contribution in [0.3, 0.4) is 0 Å². The van der Waals surface area contributed by atoms with Gasteiger partial charge in [0.2, 0.25) is 5.91 Å². The molecule has 1 amide bonds. The molecule has 0 radical (unpaired) electrons. The van der Waals surface area contributed by atoms with Crippen LogP contribution in [0, 0.1) is 0 Å². The number of hydrogen-bond acceptors (Lipinski definition) is 6. The summed E-state index contributed by atoms with van der Waals surface area (Å²) in [5.41, 5.74) is 1.19. The number of carbonyl (C=O) groups is 3. The molecule has 0 heterocycles. The Bertz CT molecular complexity index is 804. The Morgan fingerprint density at radius 2 is 1.54 bits per heavy atom. The maximum atomic E-state index is 12.1. The van der Waals surface area contributed by atoms with Crippen molar-refractivity contribution >= 4 is 40.8 Å². The van der Waals surface area contributed by atoms with E-state index in [9.17, 15) is 14.4 Å². The minimum absolute atomic E-state index is 0.0314. The number of benzene rings is 2. The minimum Gasteiger partial charge on any atom is -0.465 e. The molecule has 7 nitrogen and oxygen atoms in total. The fourth-order valence-corrected chi connectivity index (χ4v) is 2.35. The third-order valence-corrected chi connectivity index (χ3v) is 3.57. The Labute approximate surface area is 155 Å². The Hall–Kier alpha value is -3.06. The van der Waals surface area contributed by atoms with Crippen molar-refractivity contribution in [3.05, 3.63) is 58.6 Å². The molecule has 2 aromatic rings. The quantitative estimate of drug-likeness (QED) is 0.753. The van der Waals surface area contributed by atoms with Gasteiger partial charge in [-0.1, -0.05) is 17.7 Å². The molecule has 0 saturated carbocycles. The van der Waals surface area contributed by atoms with E-state index in [2.05, 4.69) is 20.1 Å². The average Bonchev–Trinajstić information content (AvgIpc) is 2.64. The first-order chi connectivity index (χ1) is 12.4. The summed E-state index contributed by atoms with van der Waals surface area (Å²) in [4.78, 5) is 35.6. The summed E-state index contributed by atoms with van der Waals surface area (Å²) in [6.07, 6.45) is 0. The number of esters is 2. The van der Waals surface area contributed by atoms with E-state index in [1.807, 2.05) is 0 Å². The van der Waals surface area contributed by atoms with Gasteiger partial charge in [0, 0.05) is 16.4 Å². The lowest BCUT2D eigenvalue weighted by Gasteiger charge is -2.11. The zero-order valence-electron chi connectivity index (χ0n) is 14.2. The van der Waals surface area contributed by atoms with E-state index in [1.165, 1.54) is 32.4 Å². The lowest BCUT2D eigenvalue weighted by molar-refractivity contribution is -0.114. The molecule has 2 N–H and O–H groups in total. The Morgan fingerprint density at radius 3 is 2.08 bits per heavy atom. The zero-order chi connectivity index (χ0) is 19.1. The SMILES string of the molecule is COC(=O)c1cc(NC(=O)CNc2cccc(Cl)c2)cc(C(=O)OC)c1. The average molecular weight is 377 g/mol. The van der Waals surface area contributed by atoms with Crippen LogP contribution in [-0.2, 0) is 14.3 Å². The third kappa shape index (κ3) is 5.22. The molecule has 2 aromatic carbocycles. The summed E-state index contributed by atoms with van der Waals surface area (Å²) >= 11 is 5.88. The van der Waals surface area contributed by atoms with Crippen molar-refractivity contribution < 1.29 is 23.9 Å². The van der Waals surface area contributed by atoms with E-state index in [0.29, 0.717) is 10.7 Å². The first-order valence-corrected chi connectivity index (χ1v) is 7.91. The monoisotopic (exact) mass is 376 g/mol. The zero-order valence-corrected chi connectivity index (χ0v) is 14.9. The number of anilines is 2. The highest BCUT2D eigenvalue weighted by Crippen LogP contribution is 2.18. The first-order valence-electron chi connectivity index (χ1n) is 7.54. The Morgan fingerprint density at radius 1 is 0.923 bits per heavy atom. The van der Waals surface area contributed by atoms with Gasteiger partial charge in [0.15, 0.2) is 0 Å². The maximum Gasteiger partial charge on any atom is 0.337 e. The van der Waals surface area contributed by atoms with Crippen LogP contribution in [0.15, 0.2) is 42.5 Å². The highest BCUT2D eigenvalue weighted by molar-refractivity contribution is 6.30. The number of ether oxygens (including phenoxy) is 2. The number of hydrogen-bond donors (Lipinski definition) is 2. The van der Waals surface area contributed by atoms with E-state index in [-0.39, 0.29) is 29.3 Å². The van der Waals surface area contributed by atoms with Crippen LogP contribution in [0.4, 0.5) is 11.4 Å². The number of rotatable bonds is 6. The molecule has 0 bridgehead atoms. The van der Waals surface area contributed by atoms with Crippen molar-refractivity contribution in [3.63, 3.8) is 0 Å². The van der Waals surface area contributed by atoms with Crippen molar-refractivity contribution in [1.82, 2.24) is 0 Å². The largest absolute Gasteiger partial charge is 0.465 e. The van der Waals surface area contributed by atoms with Gasteiger partial charge in [-0.05, 0) is 36.4 Å². The molecule has 26 heavy (non-hydrogen) atoms. The van der Waals surface area contributed by atoms with E-state index in [0.717, 1.165) is 0 Å². The van der Waals surface area contributed by atoms with Gasteiger partial charge < -0.3 is 20.1 Å². The van der Waals surface area contributed by atoms with Crippen LogP contribution in [0.1, 0.15) is 20.7 Å². The topological polar surface area (TPSA) is 93.7 Å². The lowest BCUT2D eigenvalue weighted by Crippen LogP contribution is -2.22. The normalized spacial score (nSPS) is 9.96. The van der Waals surface area contributed by atoms with E-state index < -0.39 is 11.9 Å². The molecule has 136 valence electrons. The minimum atomic E-state index is -0.636. The molecule has 0 aliphatic carbocycles. The summed E-state index contributed by atoms with van der Waals surface area (Å²) in [6, 6.07) is 11.1. The van der Waals surface area contributed by atoms with Crippen LogP contribution in [0.5, 0.6) is 0 Å². The van der Waals surface area contributed by atoms with Crippen LogP contribution in [0.25, 0.3) is 0 Å². The molecule has 0 atom stereocenters. The van der Waals surface area contributed by atoms with E-state index in [4.69, 9.17) is 11.6 Å². The molecular formula is C18H17ClN2O5. The van der Waals surface area contributed by atoms with Gasteiger partial charge in [-0.3, -0.25) is 4.79 Å². The fraction of sp³-hybridized carbons (Fsp3) is 0.167. The molecule has 0 saturated heterocycles. The molecule has 0 unspecified atom stereocenters. The van der Waals surface area contributed by atoms with Crippen molar-refractivity contribution in [2.45, 2.75) is 0 Å². The van der Waals surface area contributed by atoms with Crippen molar-refractivity contribution in [3.8, 4) is 0 Å². The Balaban J connectivity index is 2.12. The number of nitrogens with one attached hydrogen (secondary N) is 2.